The molecule has 1 N–H and O–H groups in total. The topological polar surface area (TPSA) is 24.5 Å². The molecule has 2 aliphatic rings. The van der Waals surface area contributed by atoms with Crippen LogP contribution in [0.3, 0.4) is 0 Å². The van der Waals surface area contributed by atoms with Gasteiger partial charge in [0.15, 0.2) is 0 Å². The van der Waals surface area contributed by atoms with Crippen LogP contribution in [-0.4, -0.2) is 51.3 Å². The molecule has 1 aliphatic heterocycles. The summed E-state index contributed by atoms with van der Waals surface area (Å²) < 4.78 is 5.66. The number of nitrogens with zero attached hydrogens (tertiary/aromatic N) is 1. The van der Waals surface area contributed by atoms with Gasteiger partial charge in [0.05, 0.1) is 6.61 Å². The first kappa shape index (κ1) is 12.3. The molecule has 2 rings (SSSR count). The number of piperidine rings is 1. The van der Waals surface area contributed by atoms with Gasteiger partial charge in [-0.3, -0.25) is 0 Å². The molecule has 16 heavy (non-hydrogen) atoms. The molecule has 0 aromatic heterocycles. The van der Waals surface area contributed by atoms with Crippen LogP contribution in [0.4, 0.5) is 0 Å². The molecule has 0 amide bonds. The second-order valence-electron chi connectivity index (χ2n) is 5.47. The molecule has 0 unspecified atom stereocenters. The molecule has 94 valence electrons. The second-order valence-corrected chi connectivity index (χ2v) is 5.47. The number of rotatable bonds is 7. The zero-order chi connectivity index (χ0) is 11.2. The first-order valence-corrected chi connectivity index (χ1v) is 6.81. The van der Waals surface area contributed by atoms with Crippen molar-refractivity contribution in [2.75, 3.05) is 46.4 Å². The monoisotopic (exact) mass is 226 g/mol. The van der Waals surface area contributed by atoms with E-state index in [9.17, 15) is 0 Å². The van der Waals surface area contributed by atoms with Crippen molar-refractivity contribution in [2.24, 2.45) is 11.8 Å². The summed E-state index contributed by atoms with van der Waals surface area (Å²) in [6, 6.07) is 0. The first-order chi connectivity index (χ1) is 7.84. The highest BCUT2D eigenvalue weighted by Gasteiger charge is 2.21. The minimum atomic E-state index is 0.898. The maximum absolute atomic E-state index is 5.66. The van der Waals surface area contributed by atoms with Gasteiger partial charge in [0, 0.05) is 19.7 Å². The number of hydrogen-bond donors (Lipinski definition) is 1. The molecular formula is C13H26N2O. The SMILES string of the molecule is CN(CCOCC1CC1)CC1CCNCC1. The lowest BCUT2D eigenvalue weighted by Gasteiger charge is -2.27. The van der Waals surface area contributed by atoms with Crippen LogP contribution >= 0.6 is 0 Å². The Labute approximate surface area is 99.5 Å². The lowest BCUT2D eigenvalue weighted by molar-refractivity contribution is 0.0971. The fourth-order valence-electron chi connectivity index (χ4n) is 2.35. The molecule has 1 saturated heterocycles. The summed E-state index contributed by atoms with van der Waals surface area (Å²) in [6.07, 6.45) is 5.47. The third-order valence-electron chi connectivity index (χ3n) is 3.70. The number of ether oxygens (including phenoxy) is 1. The molecule has 3 nitrogen and oxygen atoms in total. The van der Waals surface area contributed by atoms with Crippen molar-refractivity contribution in [2.45, 2.75) is 25.7 Å². The van der Waals surface area contributed by atoms with Gasteiger partial charge in [0.2, 0.25) is 0 Å². The fraction of sp³-hybridized carbons (Fsp3) is 1.00. The number of hydrogen-bond acceptors (Lipinski definition) is 3. The van der Waals surface area contributed by atoms with Gasteiger partial charge in [-0.25, -0.2) is 0 Å². The Kier molecular flexibility index (Phi) is 5.07. The average molecular weight is 226 g/mol. The van der Waals surface area contributed by atoms with E-state index in [0.717, 1.165) is 31.6 Å². The van der Waals surface area contributed by atoms with E-state index in [2.05, 4.69) is 17.3 Å². The Balaban J connectivity index is 1.47. The third kappa shape index (κ3) is 4.81. The zero-order valence-corrected chi connectivity index (χ0v) is 10.6. The fourth-order valence-corrected chi connectivity index (χ4v) is 2.35. The van der Waals surface area contributed by atoms with Crippen LogP contribution in [0, 0.1) is 11.8 Å². The van der Waals surface area contributed by atoms with Gasteiger partial charge in [-0.2, -0.15) is 0 Å². The van der Waals surface area contributed by atoms with Crippen molar-refractivity contribution in [1.82, 2.24) is 10.2 Å². The van der Waals surface area contributed by atoms with Gasteiger partial charge in [0.1, 0.15) is 0 Å². The molecule has 0 bridgehead atoms. The number of nitrogens with one attached hydrogen (secondary N) is 1. The predicted molar refractivity (Wildman–Crippen MR) is 66.6 cm³/mol. The van der Waals surface area contributed by atoms with Crippen LogP contribution in [0.2, 0.25) is 0 Å². The lowest BCUT2D eigenvalue weighted by atomic mass is 9.98. The zero-order valence-electron chi connectivity index (χ0n) is 10.6. The van der Waals surface area contributed by atoms with Crippen LogP contribution < -0.4 is 5.32 Å². The molecule has 0 spiro atoms. The van der Waals surface area contributed by atoms with Crippen molar-refractivity contribution in [1.29, 1.82) is 0 Å². The average Bonchev–Trinajstić information content (AvgIpc) is 3.10. The maximum Gasteiger partial charge on any atom is 0.0593 e. The molecule has 0 aromatic rings. The van der Waals surface area contributed by atoms with Crippen molar-refractivity contribution in [3.05, 3.63) is 0 Å². The van der Waals surface area contributed by atoms with Crippen molar-refractivity contribution >= 4 is 0 Å². The van der Waals surface area contributed by atoms with Gasteiger partial charge >= 0.3 is 0 Å². The van der Waals surface area contributed by atoms with E-state index in [1.165, 1.54) is 45.3 Å². The highest BCUT2D eigenvalue weighted by Crippen LogP contribution is 2.28. The van der Waals surface area contributed by atoms with E-state index >= 15 is 0 Å². The third-order valence-corrected chi connectivity index (χ3v) is 3.70. The van der Waals surface area contributed by atoms with Crippen LogP contribution in [0.1, 0.15) is 25.7 Å². The molecule has 2 fully saturated rings. The summed E-state index contributed by atoms with van der Waals surface area (Å²) in [7, 11) is 2.22. The van der Waals surface area contributed by atoms with Gasteiger partial charge in [-0.05, 0) is 57.7 Å². The van der Waals surface area contributed by atoms with Crippen molar-refractivity contribution in [3.63, 3.8) is 0 Å². The summed E-state index contributed by atoms with van der Waals surface area (Å²) >= 11 is 0. The molecule has 3 heteroatoms. The second kappa shape index (κ2) is 6.58. The minimum Gasteiger partial charge on any atom is -0.380 e. The molecule has 0 radical (unpaired) electrons. The van der Waals surface area contributed by atoms with Crippen LogP contribution in [0.5, 0.6) is 0 Å². The highest BCUT2D eigenvalue weighted by atomic mass is 16.5. The van der Waals surface area contributed by atoms with E-state index in [1.807, 2.05) is 0 Å². The summed E-state index contributed by atoms with van der Waals surface area (Å²) in [6.45, 7) is 6.66. The van der Waals surface area contributed by atoms with Crippen molar-refractivity contribution < 1.29 is 4.74 Å². The standard InChI is InChI=1S/C13H26N2O/c1-15(8-9-16-11-13-2-3-13)10-12-4-6-14-7-5-12/h12-14H,2-11H2,1H3. The predicted octanol–water partition coefficient (Wildman–Crippen LogP) is 1.34. The smallest absolute Gasteiger partial charge is 0.0593 e. The molecule has 0 atom stereocenters. The Morgan fingerprint density at radius 2 is 1.88 bits per heavy atom. The van der Waals surface area contributed by atoms with E-state index in [4.69, 9.17) is 4.74 Å². The van der Waals surface area contributed by atoms with Crippen molar-refractivity contribution in [3.8, 4) is 0 Å². The molecular weight excluding hydrogens is 200 g/mol. The quantitative estimate of drug-likeness (QED) is 0.663. The summed E-state index contributed by atoms with van der Waals surface area (Å²) in [5.41, 5.74) is 0. The molecule has 1 aliphatic carbocycles. The summed E-state index contributed by atoms with van der Waals surface area (Å²) in [4.78, 5) is 2.43. The Hall–Kier alpha value is -0.120. The Morgan fingerprint density at radius 3 is 2.56 bits per heavy atom. The van der Waals surface area contributed by atoms with Gasteiger partial charge in [-0.1, -0.05) is 0 Å². The van der Waals surface area contributed by atoms with Crippen LogP contribution in [-0.2, 0) is 4.74 Å². The Bertz CT molecular complexity index is 188. The van der Waals surface area contributed by atoms with Gasteiger partial charge in [-0.15, -0.1) is 0 Å². The van der Waals surface area contributed by atoms with E-state index < -0.39 is 0 Å². The highest BCUT2D eigenvalue weighted by molar-refractivity contribution is 4.73. The summed E-state index contributed by atoms with van der Waals surface area (Å²) in [5, 5.41) is 3.42. The van der Waals surface area contributed by atoms with Crippen LogP contribution in [0.15, 0.2) is 0 Å². The van der Waals surface area contributed by atoms with E-state index in [-0.39, 0.29) is 0 Å². The normalized spacial score (nSPS) is 22.9. The first-order valence-electron chi connectivity index (χ1n) is 6.81. The van der Waals surface area contributed by atoms with Crippen LogP contribution in [0.25, 0.3) is 0 Å². The van der Waals surface area contributed by atoms with Gasteiger partial charge < -0.3 is 15.0 Å². The Morgan fingerprint density at radius 1 is 1.12 bits per heavy atom. The maximum atomic E-state index is 5.66. The summed E-state index contributed by atoms with van der Waals surface area (Å²) in [5.74, 6) is 1.80. The molecule has 0 aromatic carbocycles. The van der Waals surface area contributed by atoms with E-state index in [0.29, 0.717) is 0 Å². The molecule has 1 saturated carbocycles. The lowest BCUT2D eigenvalue weighted by Crippen LogP contribution is -2.35. The van der Waals surface area contributed by atoms with E-state index in [1.54, 1.807) is 0 Å². The largest absolute Gasteiger partial charge is 0.380 e. The molecule has 1 heterocycles. The van der Waals surface area contributed by atoms with Gasteiger partial charge in [0.25, 0.3) is 0 Å². The number of likely N-dealkylation sites (N-methyl/N-ethyl adjacent to an activating group) is 1. The minimum absolute atomic E-state index is 0.898.